The Morgan fingerprint density at radius 1 is 1.44 bits per heavy atom. The smallest absolute Gasteiger partial charge is 0.131 e. The van der Waals surface area contributed by atoms with E-state index in [9.17, 15) is 0 Å². The molecule has 3 nitrogen and oxygen atoms in total. The molecule has 0 radical (unpaired) electrons. The second-order valence-corrected chi connectivity index (χ2v) is 6.49. The maximum Gasteiger partial charge on any atom is 0.131 e. The summed E-state index contributed by atoms with van der Waals surface area (Å²) in [5.41, 5.74) is 8.39. The molecule has 0 aromatic carbocycles. The van der Waals surface area contributed by atoms with Crippen molar-refractivity contribution in [1.82, 2.24) is 4.98 Å². The van der Waals surface area contributed by atoms with Crippen LogP contribution in [-0.4, -0.2) is 18.1 Å². The Labute approximate surface area is 110 Å². The summed E-state index contributed by atoms with van der Waals surface area (Å²) in [5, 5.41) is 0. The molecule has 1 aliphatic rings. The molecule has 1 saturated heterocycles. The summed E-state index contributed by atoms with van der Waals surface area (Å²) in [6.45, 7) is 11.9. The highest BCUT2D eigenvalue weighted by Crippen LogP contribution is 2.35. The Morgan fingerprint density at radius 2 is 2.17 bits per heavy atom. The molecule has 2 heterocycles. The molecule has 1 aliphatic heterocycles. The van der Waals surface area contributed by atoms with Gasteiger partial charge in [-0.05, 0) is 41.9 Å². The molecule has 1 aromatic heterocycles. The summed E-state index contributed by atoms with van der Waals surface area (Å²) >= 11 is 0. The fraction of sp³-hybridized carbons (Fsp3) is 0.667. The molecule has 0 aliphatic carbocycles. The average molecular weight is 247 g/mol. The minimum absolute atomic E-state index is 0.389. The highest BCUT2D eigenvalue weighted by Gasteiger charge is 2.32. The third-order valence-corrected chi connectivity index (χ3v) is 4.06. The van der Waals surface area contributed by atoms with Crippen LogP contribution in [0.15, 0.2) is 12.3 Å². The van der Waals surface area contributed by atoms with Crippen LogP contribution in [0.4, 0.5) is 5.82 Å². The summed E-state index contributed by atoms with van der Waals surface area (Å²) in [7, 11) is 0. The van der Waals surface area contributed by atoms with E-state index in [0.29, 0.717) is 12.0 Å². The molecule has 0 spiro atoms. The van der Waals surface area contributed by atoms with Crippen molar-refractivity contribution < 1.29 is 0 Å². The van der Waals surface area contributed by atoms with Gasteiger partial charge in [-0.2, -0.15) is 0 Å². The minimum Gasteiger partial charge on any atom is -0.356 e. The maximum absolute atomic E-state index is 5.65. The van der Waals surface area contributed by atoms with Crippen LogP contribution in [0, 0.1) is 18.3 Å². The molecular formula is C15H25N3. The van der Waals surface area contributed by atoms with Crippen molar-refractivity contribution in [3.63, 3.8) is 0 Å². The number of aryl methyl sites for hydroxylation is 1. The number of rotatable bonds is 2. The number of pyridine rings is 1. The topological polar surface area (TPSA) is 42.1 Å². The highest BCUT2D eigenvalue weighted by atomic mass is 15.2. The molecule has 3 heteroatoms. The van der Waals surface area contributed by atoms with Crippen molar-refractivity contribution in [2.75, 3.05) is 18.0 Å². The van der Waals surface area contributed by atoms with E-state index >= 15 is 0 Å². The number of nitrogens with two attached hydrogens (primary N) is 1. The second-order valence-electron chi connectivity index (χ2n) is 6.49. The number of hydrogen-bond donors (Lipinski definition) is 1. The SMILES string of the molecule is Cc1cc(CN)cnc1N1CCC(C(C)(C)C)C1. The molecular weight excluding hydrogens is 222 g/mol. The Bertz CT molecular complexity index is 420. The van der Waals surface area contributed by atoms with Gasteiger partial charge in [-0.3, -0.25) is 0 Å². The first kappa shape index (κ1) is 13.3. The van der Waals surface area contributed by atoms with Gasteiger partial charge in [0, 0.05) is 25.8 Å². The fourth-order valence-corrected chi connectivity index (χ4v) is 2.73. The van der Waals surface area contributed by atoms with E-state index in [2.05, 4.69) is 43.6 Å². The number of aromatic nitrogens is 1. The van der Waals surface area contributed by atoms with Gasteiger partial charge in [-0.15, -0.1) is 0 Å². The van der Waals surface area contributed by atoms with Gasteiger partial charge < -0.3 is 10.6 Å². The first-order valence-electron chi connectivity index (χ1n) is 6.82. The van der Waals surface area contributed by atoms with E-state index in [1.54, 1.807) is 0 Å². The van der Waals surface area contributed by atoms with Gasteiger partial charge in [0.1, 0.15) is 5.82 Å². The number of anilines is 1. The molecule has 0 saturated carbocycles. The standard InChI is InChI=1S/C15H25N3/c1-11-7-12(8-16)9-17-14(11)18-6-5-13(10-18)15(2,3)4/h7,9,13H,5-6,8,10,16H2,1-4H3. The van der Waals surface area contributed by atoms with Crippen LogP contribution in [0.5, 0.6) is 0 Å². The van der Waals surface area contributed by atoms with Gasteiger partial charge >= 0.3 is 0 Å². The van der Waals surface area contributed by atoms with Gasteiger partial charge in [0.05, 0.1) is 0 Å². The zero-order valence-corrected chi connectivity index (χ0v) is 12.0. The predicted molar refractivity (Wildman–Crippen MR) is 76.6 cm³/mol. The molecule has 0 amide bonds. The van der Waals surface area contributed by atoms with E-state index in [-0.39, 0.29) is 0 Å². The zero-order valence-electron chi connectivity index (χ0n) is 12.0. The molecule has 1 aromatic rings. The first-order chi connectivity index (χ1) is 8.41. The Kier molecular flexibility index (Phi) is 3.62. The van der Waals surface area contributed by atoms with E-state index in [0.717, 1.165) is 30.4 Å². The molecule has 0 bridgehead atoms. The average Bonchev–Trinajstić information content (AvgIpc) is 2.77. The molecule has 1 fully saturated rings. The van der Waals surface area contributed by atoms with Crippen molar-refractivity contribution in [2.45, 2.75) is 40.7 Å². The molecule has 1 atom stereocenters. The van der Waals surface area contributed by atoms with Crippen LogP contribution < -0.4 is 10.6 Å². The second kappa shape index (κ2) is 4.88. The van der Waals surface area contributed by atoms with Gasteiger partial charge in [-0.25, -0.2) is 4.98 Å². The molecule has 2 rings (SSSR count). The normalized spacial score (nSPS) is 20.5. The van der Waals surface area contributed by atoms with Crippen molar-refractivity contribution in [1.29, 1.82) is 0 Å². The molecule has 1 unspecified atom stereocenters. The minimum atomic E-state index is 0.389. The lowest BCUT2D eigenvalue weighted by atomic mass is 9.80. The Balaban J connectivity index is 2.14. The van der Waals surface area contributed by atoms with Crippen molar-refractivity contribution in [2.24, 2.45) is 17.1 Å². The van der Waals surface area contributed by atoms with Crippen LogP contribution in [-0.2, 0) is 6.54 Å². The van der Waals surface area contributed by atoms with E-state index in [1.807, 2.05) is 6.20 Å². The van der Waals surface area contributed by atoms with E-state index in [1.165, 1.54) is 12.0 Å². The van der Waals surface area contributed by atoms with Gasteiger partial charge in [-0.1, -0.05) is 20.8 Å². The summed E-state index contributed by atoms with van der Waals surface area (Å²) in [4.78, 5) is 7.02. The van der Waals surface area contributed by atoms with Crippen LogP contribution in [0.2, 0.25) is 0 Å². The van der Waals surface area contributed by atoms with Crippen LogP contribution >= 0.6 is 0 Å². The van der Waals surface area contributed by atoms with Crippen molar-refractivity contribution in [3.05, 3.63) is 23.4 Å². The predicted octanol–water partition coefficient (Wildman–Crippen LogP) is 2.72. The largest absolute Gasteiger partial charge is 0.356 e. The summed E-state index contributed by atoms with van der Waals surface area (Å²) in [6.07, 6.45) is 3.18. The lowest BCUT2D eigenvalue weighted by Gasteiger charge is -2.27. The van der Waals surface area contributed by atoms with Gasteiger partial charge in [0.25, 0.3) is 0 Å². The van der Waals surface area contributed by atoms with Crippen molar-refractivity contribution in [3.8, 4) is 0 Å². The zero-order chi connectivity index (χ0) is 13.3. The number of hydrogen-bond acceptors (Lipinski definition) is 3. The lowest BCUT2D eigenvalue weighted by Crippen LogP contribution is -2.26. The van der Waals surface area contributed by atoms with Crippen molar-refractivity contribution >= 4 is 5.82 Å². The van der Waals surface area contributed by atoms with Crippen LogP contribution in [0.1, 0.15) is 38.3 Å². The molecule has 2 N–H and O–H groups in total. The Morgan fingerprint density at radius 3 is 2.67 bits per heavy atom. The molecule has 100 valence electrons. The van der Waals surface area contributed by atoms with Gasteiger partial charge in [0.15, 0.2) is 0 Å². The summed E-state index contributed by atoms with van der Waals surface area (Å²) in [6, 6.07) is 2.16. The first-order valence-corrected chi connectivity index (χ1v) is 6.82. The van der Waals surface area contributed by atoms with Gasteiger partial charge in [0.2, 0.25) is 0 Å². The third kappa shape index (κ3) is 2.66. The van der Waals surface area contributed by atoms with E-state index in [4.69, 9.17) is 5.73 Å². The van der Waals surface area contributed by atoms with E-state index < -0.39 is 0 Å². The maximum atomic E-state index is 5.65. The number of nitrogens with zero attached hydrogens (tertiary/aromatic N) is 2. The fourth-order valence-electron chi connectivity index (χ4n) is 2.73. The summed E-state index contributed by atoms with van der Waals surface area (Å²) in [5.74, 6) is 1.90. The quantitative estimate of drug-likeness (QED) is 0.873. The van der Waals surface area contributed by atoms with Crippen LogP contribution in [0.3, 0.4) is 0 Å². The Hall–Kier alpha value is -1.09. The summed E-state index contributed by atoms with van der Waals surface area (Å²) < 4.78 is 0. The lowest BCUT2D eigenvalue weighted by molar-refractivity contribution is 0.263. The monoisotopic (exact) mass is 247 g/mol. The van der Waals surface area contributed by atoms with Crippen LogP contribution in [0.25, 0.3) is 0 Å². The third-order valence-electron chi connectivity index (χ3n) is 4.06. The molecule has 18 heavy (non-hydrogen) atoms. The highest BCUT2D eigenvalue weighted by molar-refractivity contribution is 5.48.